The van der Waals surface area contributed by atoms with E-state index in [4.69, 9.17) is 4.74 Å². The molecular weight excluding hydrogens is 349 g/mol. The van der Waals surface area contributed by atoms with Crippen molar-refractivity contribution in [3.8, 4) is 5.88 Å². The van der Waals surface area contributed by atoms with Crippen LogP contribution in [0.5, 0.6) is 5.88 Å². The fraction of sp³-hybridized carbons (Fsp3) is 0.353. The van der Waals surface area contributed by atoms with Gasteiger partial charge in [-0.3, -0.25) is 0 Å². The molecule has 1 saturated heterocycles. The molecule has 26 heavy (non-hydrogen) atoms. The van der Waals surface area contributed by atoms with Crippen LogP contribution in [0.15, 0.2) is 42.6 Å². The fourth-order valence-electron chi connectivity index (χ4n) is 2.72. The normalized spacial score (nSPS) is 17.7. The van der Waals surface area contributed by atoms with Crippen LogP contribution in [0, 0.1) is 0 Å². The van der Waals surface area contributed by atoms with Gasteiger partial charge in [0.25, 0.3) is 0 Å². The Kier molecular flexibility index (Phi) is 5.24. The van der Waals surface area contributed by atoms with Gasteiger partial charge in [-0.05, 0) is 37.1 Å². The van der Waals surface area contributed by atoms with E-state index in [9.17, 15) is 18.0 Å². The number of carbonyl (C=O) groups excluding carboxylic acids is 1. The van der Waals surface area contributed by atoms with Crippen LogP contribution in [0.3, 0.4) is 0 Å². The van der Waals surface area contributed by atoms with Gasteiger partial charge in [-0.1, -0.05) is 6.07 Å². The summed E-state index contributed by atoms with van der Waals surface area (Å²) in [6, 6.07) is 7.46. The Labute approximate surface area is 148 Å². The summed E-state index contributed by atoms with van der Waals surface area (Å²) in [5, 5.41) is 10.1. The first-order valence-corrected chi connectivity index (χ1v) is 8.09. The Hall–Kier alpha value is -2.84. The van der Waals surface area contributed by atoms with Crippen molar-refractivity contribution < 1.29 is 22.7 Å². The van der Waals surface area contributed by atoms with Gasteiger partial charge >= 0.3 is 12.2 Å². The van der Waals surface area contributed by atoms with Crippen LogP contribution in [0.4, 0.5) is 23.7 Å². The van der Waals surface area contributed by atoms with Crippen molar-refractivity contribution in [3.63, 3.8) is 0 Å². The number of urea groups is 1. The van der Waals surface area contributed by atoms with E-state index in [0.29, 0.717) is 19.0 Å². The molecule has 1 aromatic heterocycles. The van der Waals surface area contributed by atoms with Crippen molar-refractivity contribution in [2.75, 3.05) is 18.4 Å². The third-order valence-electron chi connectivity index (χ3n) is 3.94. The molecule has 1 unspecified atom stereocenters. The van der Waals surface area contributed by atoms with Crippen molar-refractivity contribution in [3.05, 3.63) is 48.2 Å². The van der Waals surface area contributed by atoms with E-state index >= 15 is 0 Å². The molecule has 138 valence electrons. The van der Waals surface area contributed by atoms with E-state index < -0.39 is 17.8 Å². The molecule has 1 aliphatic heterocycles. The molecule has 0 radical (unpaired) electrons. The smallest absolute Gasteiger partial charge is 0.416 e. The van der Waals surface area contributed by atoms with Crippen LogP contribution in [0.25, 0.3) is 0 Å². The van der Waals surface area contributed by atoms with E-state index in [2.05, 4.69) is 15.5 Å². The molecule has 0 spiro atoms. The van der Waals surface area contributed by atoms with Crippen LogP contribution in [0.1, 0.15) is 18.4 Å². The summed E-state index contributed by atoms with van der Waals surface area (Å²) in [6.07, 6.45) is -1.69. The van der Waals surface area contributed by atoms with Gasteiger partial charge < -0.3 is 15.0 Å². The second-order valence-corrected chi connectivity index (χ2v) is 5.90. The molecule has 1 aromatic carbocycles. The van der Waals surface area contributed by atoms with Gasteiger partial charge in [0.05, 0.1) is 12.1 Å². The summed E-state index contributed by atoms with van der Waals surface area (Å²) >= 11 is 0. The standard InChI is InChI=1S/C17H17F3N4O2/c18-17(19,20)12-4-1-5-13(10-12)22-16(25)24-9-3-6-14(11-24)26-15-7-2-8-21-23-15/h1-2,4-5,7-8,10,14H,3,6,9,11H2,(H,22,25). The Morgan fingerprint density at radius 3 is 2.85 bits per heavy atom. The number of aromatic nitrogens is 2. The number of alkyl halides is 3. The first kappa shape index (κ1) is 18.0. The highest BCUT2D eigenvalue weighted by atomic mass is 19.4. The number of likely N-dealkylation sites (tertiary alicyclic amines) is 1. The van der Waals surface area contributed by atoms with Crippen LogP contribution >= 0.6 is 0 Å². The van der Waals surface area contributed by atoms with Crippen LogP contribution in [0.2, 0.25) is 0 Å². The number of amides is 2. The number of piperidine rings is 1. The lowest BCUT2D eigenvalue weighted by Crippen LogP contribution is -2.46. The second-order valence-electron chi connectivity index (χ2n) is 5.90. The highest BCUT2D eigenvalue weighted by Gasteiger charge is 2.31. The third kappa shape index (κ3) is 4.62. The zero-order valence-corrected chi connectivity index (χ0v) is 13.7. The molecule has 9 heteroatoms. The number of nitrogens with one attached hydrogen (secondary N) is 1. The van der Waals surface area contributed by atoms with Gasteiger partial charge in [0.2, 0.25) is 5.88 Å². The molecular formula is C17H17F3N4O2. The van der Waals surface area contributed by atoms with E-state index in [0.717, 1.165) is 25.0 Å². The molecule has 1 atom stereocenters. The van der Waals surface area contributed by atoms with Crippen LogP contribution in [-0.4, -0.2) is 40.3 Å². The zero-order valence-electron chi connectivity index (χ0n) is 13.7. The van der Waals surface area contributed by atoms with E-state index in [1.165, 1.54) is 23.2 Å². The van der Waals surface area contributed by atoms with E-state index in [1.807, 2.05) is 0 Å². The van der Waals surface area contributed by atoms with Crippen molar-refractivity contribution in [2.24, 2.45) is 0 Å². The van der Waals surface area contributed by atoms with E-state index in [-0.39, 0.29) is 11.8 Å². The molecule has 2 heterocycles. The largest absolute Gasteiger partial charge is 0.471 e. The Bertz CT molecular complexity index is 755. The van der Waals surface area contributed by atoms with Gasteiger partial charge in [-0.15, -0.1) is 5.10 Å². The highest BCUT2D eigenvalue weighted by Crippen LogP contribution is 2.30. The number of nitrogens with zero attached hydrogens (tertiary/aromatic N) is 3. The SMILES string of the molecule is O=C(Nc1cccc(C(F)(F)F)c1)N1CCCC(Oc2cccnn2)C1. The summed E-state index contributed by atoms with van der Waals surface area (Å²) < 4.78 is 44.0. The number of carbonyl (C=O) groups is 1. The highest BCUT2D eigenvalue weighted by molar-refractivity contribution is 5.89. The maximum atomic E-state index is 12.8. The molecule has 0 bridgehead atoms. The van der Waals surface area contributed by atoms with Gasteiger partial charge in [0.1, 0.15) is 6.10 Å². The van der Waals surface area contributed by atoms with Crippen molar-refractivity contribution in [2.45, 2.75) is 25.1 Å². The number of hydrogen-bond acceptors (Lipinski definition) is 4. The Morgan fingerprint density at radius 2 is 2.12 bits per heavy atom. The van der Waals surface area contributed by atoms with Crippen LogP contribution in [-0.2, 0) is 6.18 Å². The molecule has 1 aliphatic rings. The lowest BCUT2D eigenvalue weighted by atomic mass is 10.1. The summed E-state index contributed by atoms with van der Waals surface area (Å²) in [6.45, 7) is 0.826. The number of anilines is 1. The molecule has 2 aromatic rings. The van der Waals surface area contributed by atoms with E-state index in [1.54, 1.807) is 12.1 Å². The summed E-state index contributed by atoms with van der Waals surface area (Å²) in [5.41, 5.74) is -0.709. The number of halogens is 3. The molecule has 3 rings (SSSR count). The first-order chi connectivity index (χ1) is 12.4. The predicted molar refractivity (Wildman–Crippen MR) is 87.7 cm³/mol. The second kappa shape index (κ2) is 7.59. The van der Waals surface area contributed by atoms with Crippen molar-refractivity contribution >= 4 is 11.7 Å². The Morgan fingerprint density at radius 1 is 1.27 bits per heavy atom. The minimum Gasteiger partial charge on any atom is -0.471 e. The number of hydrogen-bond donors (Lipinski definition) is 1. The topological polar surface area (TPSA) is 67.4 Å². The minimum atomic E-state index is -4.46. The maximum Gasteiger partial charge on any atom is 0.416 e. The number of rotatable bonds is 3. The summed E-state index contributed by atoms with van der Waals surface area (Å²) in [7, 11) is 0. The molecule has 1 N–H and O–H groups in total. The summed E-state index contributed by atoms with van der Waals surface area (Å²) in [4.78, 5) is 13.9. The lowest BCUT2D eigenvalue weighted by molar-refractivity contribution is -0.137. The lowest BCUT2D eigenvalue weighted by Gasteiger charge is -2.32. The molecule has 1 fully saturated rings. The van der Waals surface area contributed by atoms with Crippen LogP contribution < -0.4 is 10.1 Å². The molecule has 6 nitrogen and oxygen atoms in total. The van der Waals surface area contributed by atoms with Gasteiger partial charge in [0.15, 0.2) is 0 Å². The fourth-order valence-corrected chi connectivity index (χ4v) is 2.72. The first-order valence-electron chi connectivity index (χ1n) is 8.09. The van der Waals surface area contributed by atoms with Crippen molar-refractivity contribution in [1.29, 1.82) is 0 Å². The average Bonchev–Trinajstić information content (AvgIpc) is 2.62. The predicted octanol–water partition coefficient (Wildman–Crippen LogP) is 3.57. The number of benzene rings is 1. The van der Waals surface area contributed by atoms with Gasteiger partial charge in [-0.25, -0.2) is 4.79 Å². The summed E-state index contributed by atoms with van der Waals surface area (Å²) in [5.74, 6) is 0.373. The quantitative estimate of drug-likeness (QED) is 0.902. The zero-order chi connectivity index (χ0) is 18.6. The Balaban J connectivity index is 1.61. The maximum absolute atomic E-state index is 12.8. The molecule has 0 saturated carbocycles. The van der Waals surface area contributed by atoms with Gasteiger partial charge in [-0.2, -0.15) is 18.3 Å². The number of ether oxygens (including phenoxy) is 1. The van der Waals surface area contributed by atoms with Crippen molar-refractivity contribution in [1.82, 2.24) is 15.1 Å². The third-order valence-corrected chi connectivity index (χ3v) is 3.94. The average molecular weight is 366 g/mol. The van der Waals surface area contributed by atoms with Gasteiger partial charge in [0, 0.05) is 24.5 Å². The minimum absolute atomic E-state index is 0.0989. The molecule has 2 amide bonds. The monoisotopic (exact) mass is 366 g/mol. The molecule has 0 aliphatic carbocycles.